The Kier molecular flexibility index (Phi) is 5.44. The summed E-state index contributed by atoms with van der Waals surface area (Å²) in [5.41, 5.74) is 1.81. The number of carbonyl (C=O) groups excluding carboxylic acids is 3. The first-order chi connectivity index (χ1) is 15.1. The molecule has 0 N–H and O–H groups in total. The van der Waals surface area contributed by atoms with E-state index in [4.69, 9.17) is 9.47 Å². The first-order valence-corrected chi connectivity index (χ1v) is 10.7. The van der Waals surface area contributed by atoms with Gasteiger partial charge in [0.05, 0.1) is 17.9 Å². The van der Waals surface area contributed by atoms with Crippen LogP contribution in [0.15, 0.2) is 65.5 Å². The minimum atomic E-state index is -0.710. The molecule has 0 spiro atoms. The third-order valence-corrected chi connectivity index (χ3v) is 5.98. The number of hydrogen-bond acceptors (Lipinski definition) is 5. The number of allylic oxidation sites excluding steroid dienone is 1. The quantitative estimate of drug-likeness (QED) is 0.401. The van der Waals surface area contributed by atoms with E-state index < -0.39 is 23.8 Å². The molecule has 7 heteroatoms. The van der Waals surface area contributed by atoms with Crippen molar-refractivity contribution in [1.82, 2.24) is 4.90 Å². The zero-order chi connectivity index (χ0) is 23.2. The smallest absolute Gasteiger partial charge is 0.417 e. The molecular formula is C25H28N2O5. The van der Waals surface area contributed by atoms with Crippen molar-refractivity contribution in [3.8, 4) is 0 Å². The van der Waals surface area contributed by atoms with Crippen LogP contribution < -0.4 is 4.90 Å². The number of carbonyl (C=O) groups is 3. The maximum absolute atomic E-state index is 13.2. The van der Waals surface area contributed by atoms with Gasteiger partial charge < -0.3 is 9.47 Å². The number of rotatable bonds is 3. The van der Waals surface area contributed by atoms with Crippen LogP contribution >= 0.6 is 0 Å². The molecule has 3 atom stereocenters. The van der Waals surface area contributed by atoms with Gasteiger partial charge >= 0.3 is 6.09 Å². The average molecular weight is 437 g/mol. The predicted molar refractivity (Wildman–Crippen MR) is 119 cm³/mol. The van der Waals surface area contributed by atoms with Gasteiger partial charge in [-0.3, -0.25) is 14.5 Å². The van der Waals surface area contributed by atoms with Crippen molar-refractivity contribution >= 4 is 23.6 Å². The van der Waals surface area contributed by atoms with Crippen LogP contribution in [0.1, 0.15) is 41.0 Å². The van der Waals surface area contributed by atoms with Gasteiger partial charge in [-0.05, 0) is 58.7 Å². The fourth-order valence-electron chi connectivity index (χ4n) is 4.28. The van der Waals surface area contributed by atoms with Crippen molar-refractivity contribution in [3.63, 3.8) is 0 Å². The Hall–Kier alpha value is -3.35. The zero-order valence-corrected chi connectivity index (χ0v) is 19.0. The molecule has 1 saturated heterocycles. The summed E-state index contributed by atoms with van der Waals surface area (Å²) in [5, 5.41) is 0. The molecule has 7 nitrogen and oxygen atoms in total. The Labute approximate surface area is 188 Å². The second-order valence-corrected chi connectivity index (χ2v) is 9.30. The van der Waals surface area contributed by atoms with Crippen molar-refractivity contribution in [2.24, 2.45) is 5.92 Å². The van der Waals surface area contributed by atoms with Crippen molar-refractivity contribution in [2.75, 3.05) is 4.90 Å². The van der Waals surface area contributed by atoms with E-state index in [-0.39, 0.29) is 17.9 Å². The Morgan fingerprint density at radius 1 is 1.09 bits per heavy atom. The molecular weight excluding hydrogens is 408 g/mol. The minimum absolute atomic E-state index is 0.134. The number of benzene rings is 1. The van der Waals surface area contributed by atoms with E-state index >= 15 is 0 Å². The van der Waals surface area contributed by atoms with E-state index in [2.05, 4.69) is 0 Å². The van der Waals surface area contributed by atoms with Gasteiger partial charge in [-0.25, -0.2) is 9.69 Å². The largest absolute Gasteiger partial charge is 0.473 e. The topological polar surface area (TPSA) is 76.2 Å². The van der Waals surface area contributed by atoms with E-state index in [1.165, 1.54) is 6.26 Å². The molecule has 0 saturated carbocycles. The lowest BCUT2D eigenvalue weighted by Gasteiger charge is -2.26. The number of amides is 3. The first kappa shape index (κ1) is 21.9. The maximum Gasteiger partial charge on any atom is 0.417 e. The molecule has 2 heterocycles. The summed E-state index contributed by atoms with van der Waals surface area (Å²) >= 11 is 0. The highest BCUT2D eigenvalue weighted by atomic mass is 16.6. The normalized spacial score (nSPS) is 26.4. The lowest BCUT2D eigenvalue weighted by atomic mass is 9.98. The molecule has 3 aliphatic rings. The van der Waals surface area contributed by atoms with Crippen LogP contribution in [0.3, 0.4) is 0 Å². The number of nitrogens with zero attached hydrogens (tertiary/aromatic N) is 2. The summed E-state index contributed by atoms with van der Waals surface area (Å²) < 4.78 is 11.5. The molecule has 1 fully saturated rings. The Morgan fingerprint density at radius 2 is 1.78 bits per heavy atom. The number of ether oxygens (including phenoxy) is 2. The molecule has 32 heavy (non-hydrogen) atoms. The number of likely N-dealkylation sites (tertiary alicyclic amines) is 1. The summed E-state index contributed by atoms with van der Waals surface area (Å²) in [4.78, 5) is 41.5. The Bertz CT molecular complexity index is 1050. The summed E-state index contributed by atoms with van der Waals surface area (Å²) in [5.74, 6) is -0.749. The van der Waals surface area contributed by atoms with Crippen LogP contribution in [-0.4, -0.2) is 40.7 Å². The lowest BCUT2D eigenvalue weighted by molar-refractivity contribution is -0.125. The molecule has 168 valence electrons. The highest BCUT2D eigenvalue weighted by Gasteiger charge is 2.49. The summed E-state index contributed by atoms with van der Waals surface area (Å²) in [6, 6.07) is 8.89. The molecule has 1 aromatic carbocycles. The molecule has 3 amide bonds. The summed E-state index contributed by atoms with van der Waals surface area (Å²) in [7, 11) is 0. The number of fused-ring (bicyclic) bond motifs is 1. The molecule has 1 aromatic rings. The van der Waals surface area contributed by atoms with Gasteiger partial charge in [0.1, 0.15) is 5.60 Å². The third kappa shape index (κ3) is 3.72. The lowest BCUT2D eigenvalue weighted by Crippen LogP contribution is -2.42. The van der Waals surface area contributed by atoms with E-state index in [0.29, 0.717) is 23.3 Å². The third-order valence-electron chi connectivity index (χ3n) is 5.98. The molecule has 0 radical (unpaired) electrons. The van der Waals surface area contributed by atoms with Crippen LogP contribution in [0.5, 0.6) is 0 Å². The van der Waals surface area contributed by atoms with Crippen LogP contribution in [0.4, 0.5) is 10.5 Å². The molecule has 3 unspecified atom stereocenters. The van der Waals surface area contributed by atoms with Crippen molar-refractivity contribution < 1.29 is 23.9 Å². The maximum atomic E-state index is 13.2. The van der Waals surface area contributed by atoms with Gasteiger partial charge in [0.2, 0.25) is 6.23 Å². The summed E-state index contributed by atoms with van der Waals surface area (Å²) in [6.07, 6.45) is 4.54. The van der Waals surface area contributed by atoms with Crippen LogP contribution in [0.25, 0.3) is 0 Å². The number of para-hydroxylation sites is 1. The van der Waals surface area contributed by atoms with E-state index in [1.54, 1.807) is 32.6 Å². The van der Waals surface area contributed by atoms with Gasteiger partial charge in [-0.15, -0.1) is 0 Å². The van der Waals surface area contributed by atoms with Gasteiger partial charge in [0, 0.05) is 17.2 Å². The van der Waals surface area contributed by atoms with E-state index in [9.17, 15) is 14.4 Å². The fourth-order valence-corrected chi connectivity index (χ4v) is 4.28. The monoisotopic (exact) mass is 436 g/mol. The minimum Gasteiger partial charge on any atom is -0.473 e. The standard InChI is InChI=1S/C25H28N2O5/c1-15-16(2)23(26(21(15)28)17-10-7-6-8-11-17)31-14-19-18-12-9-13-20(18)27(22(19)29)24(30)32-25(3,4)5/h6-11,13-14,18,20,23H,12H2,1-5H3/b19-14+. The fraction of sp³-hybridized carbons (Fsp3) is 0.400. The van der Waals surface area contributed by atoms with Crippen LogP contribution in [-0.2, 0) is 19.1 Å². The molecule has 0 bridgehead atoms. The van der Waals surface area contributed by atoms with Gasteiger partial charge in [0.15, 0.2) is 0 Å². The SMILES string of the molecule is CC1=C(C)C(O/C=C2/C(=O)N(C(=O)OC(C)(C)C)C3C=CCC23)N(c2ccccc2)C1=O. The number of imide groups is 1. The van der Waals surface area contributed by atoms with E-state index in [1.807, 2.05) is 49.4 Å². The Morgan fingerprint density at radius 3 is 2.44 bits per heavy atom. The number of anilines is 1. The van der Waals surface area contributed by atoms with Gasteiger partial charge in [-0.2, -0.15) is 0 Å². The average Bonchev–Trinajstić information content (AvgIpc) is 3.34. The van der Waals surface area contributed by atoms with E-state index in [0.717, 1.165) is 10.5 Å². The highest BCUT2D eigenvalue weighted by Crippen LogP contribution is 2.40. The van der Waals surface area contributed by atoms with Crippen molar-refractivity contribution in [3.05, 3.63) is 65.5 Å². The molecule has 1 aliphatic carbocycles. The van der Waals surface area contributed by atoms with Gasteiger partial charge in [-0.1, -0.05) is 30.4 Å². The number of hydrogen-bond donors (Lipinski definition) is 0. The molecule has 4 rings (SSSR count). The summed E-state index contributed by atoms with van der Waals surface area (Å²) in [6.45, 7) is 8.91. The zero-order valence-electron chi connectivity index (χ0n) is 19.0. The predicted octanol–water partition coefficient (Wildman–Crippen LogP) is 4.32. The Balaban J connectivity index is 1.61. The van der Waals surface area contributed by atoms with Crippen molar-refractivity contribution in [1.29, 1.82) is 0 Å². The van der Waals surface area contributed by atoms with Gasteiger partial charge in [0.25, 0.3) is 11.8 Å². The second-order valence-electron chi connectivity index (χ2n) is 9.30. The molecule has 0 aromatic heterocycles. The highest BCUT2D eigenvalue weighted by molar-refractivity contribution is 6.09. The van der Waals surface area contributed by atoms with Crippen LogP contribution in [0.2, 0.25) is 0 Å². The van der Waals surface area contributed by atoms with Crippen LogP contribution in [0, 0.1) is 5.92 Å². The second kappa shape index (κ2) is 7.97. The van der Waals surface area contributed by atoms with Crippen molar-refractivity contribution in [2.45, 2.75) is 58.9 Å². The first-order valence-electron chi connectivity index (χ1n) is 10.7. The molecule has 2 aliphatic heterocycles.